The van der Waals surface area contributed by atoms with Gasteiger partial charge in [0.1, 0.15) is 0 Å². The van der Waals surface area contributed by atoms with Gasteiger partial charge in [-0.25, -0.2) is 0 Å². The summed E-state index contributed by atoms with van der Waals surface area (Å²) in [5.74, 6) is 0.846. The topological polar surface area (TPSA) is 41.1 Å². The van der Waals surface area contributed by atoms with Crippen LogP contribution in [0, 0.1) is 5.92 Å². The summed E-state index contributed by atoms with van der Waals surface area (Å²) in [4.78, 5) is 12.5. The predicted octanol–water partition coefficient (Wildman–Crippen LogP) is 3.42. The Morgan fingerprint density at radius 2 is 2.10 bits per heavy atom. The second kappa shape index (κ2) is 8.18. The van der Waals surface area contributed by atoms with E-state index >= 15 is 0 Å². The molecule has 3 heteroatoms. The molecular weight excluding hydrogens is 260 g/mol. The van der Waals surface area contributed by atoms with E-state index in [0.717, 1.165) is 25.8 Å². The fourth-order valence-corrected chi connectivity index (χ4v) is 3.14. The lowest BCUT2D eigenvalue weighted by molar-refractivity contribution is -0.124. The molecule has 2 rings (SSSR count). The van der Waals surface area contributed by atoms with E-state index in [4.69, 9.17) is 0 Å². The summed E-state index contributed by atoms with van der Waals surface area (Å²) in [5.41, 5.74) is 1.20. The Hall–Kier alpha value is -1.35. The first-order valence-electron chi connectivity index (χ1n) is 8.33. The van der Waals surface area contributed by atoms with Gasteiger partial charge >= 0.3 is 0 Å². The van der Waals surface area contributed by atoms with E-state index in [1.54, 1.807) is 0 Å². The number of rotatable bonds is 6. The van der Waals surface area contributed by atoms with Gasteiger partial charge in [-0.2, -0.15) is 0 Å². The largest absolute Gasteiger partial charge is 0.348 e. The summed E-state index contributed by atoms with van der Waals surface area (Å²) < 4.78 is 0. The second-order valence-corrected chi connectivity index (χ2v) is 6.07. The number of nitrogens with one attached hydrogen (secondary N) is 2. The molecule has 3 atom stereocenters. The first-order valence-corrected chi connectivity index (χ1v) is 8.33. The number of carbonyl (C=O) groups is 1. The molecule has 3 nitrogen and oxygen atoms in total. The molecule has 0 aliphatic carbocycles. The van der Waals surface area contributed by atoms with Crippen LogP contribution < -0.4 is 10.6 Å². The molecule has 2 N–H and O–H groups in total. The van der Waals surface area contributed by atoms with E-state index < -0.39 is 0 Å². The smallest absolute Gasteiger partial charge is 0.237 e. The Morgan fingerprint density at radius 1 is 1.33 bits per heavy atom. The fourth-order valence-electron chi connectivity index (χ4n) is 3.14. The third-order valence-corrected chi connectivity index (χ3v) is 4.50. The van der Waals surface area contributed by atoms with Crippen molar-refractivity contribution >= 4 is 5.91 Å². The van der Waals surface area contributed by atoms with Crippen LogP contribution in [0.4, 0.5) is 0 Å². The van der Waals surface area contributed by atoms with E-state index in [0.29, 0.717) is 5.92 Å². The summed E-state index contributed by atoms with van der Waals surface area (Å²) >= 11 is 0. The van der Waals surface area contributed by atoms with E-state index in [2.05, 4.69) is 36.6 Å². The highest BCUT2D eigenvalue weighted by atomic mass is 16.2. The van der Waals surface area contributed by atoms with Crippen LogP contribution in [-0.2, 0) is 4.79 Å². The van der Waals surface area contributed by atoms with Crippen LogP contribution in [-0.4, -0.2) is 18.5 Å². The molecule has 1 saturated heterocycles. The highest BCUT2D eigenvalue weighted by molar-refractivity contribution is 5.82. The first-order chi connectivity index (χ1) is 10.2. The Morgan fingerprint density at radius 3 is 2.76 bits per heavy atom. The van der Waals surface area contributed by atoms with Gasteiger partial charge in [-0.1, -0.05) is 57.0 Å². The first kappa shape index (κ1) is 16.0. The molecule has 3 unspecified atom stereocenters. The molecule has 1 heterocycles. The molecule has 1 fully saturated rings. The average molecular weight is 288 g/mol. The highest BCUT2D eigenvalue weighted by Gasteiger charge is 2.27. The summed E-state index contributed by atoms with van der Waals surface area (Å²) in [6.07, 6.45) is 5.38. The summed E-state index contributed by atoms with van der Waals surface area (Å²) in [7, 11) is 0. The summed E-state index contributed by atoms with van der Waals surface area (Å²) in [6.45, 7) is 5.34. The van der Waals surface area contributed by atoms with Crippen LogP contribution >= 0.6 is 0 Å². The lowest BCUT2D eigenvalue weighted by Crippen LogP contribution is -2.49. The van der Waals surface area contributed by atoms with Crippen molar-refractivity contribution in [2.45, 2.75) is 58.0 Å². The highest BCUT2D eigenvalue weighted by Crippen LogP contribution is 2.22. The molecule has 0 saturated carbocycles. The Balaban J connectivity index is 1.98. The lowest BCUT2D eigenvalue weighted by Gasteiger charge is -2.30. The maximum atomic E-state index is 12.5. The number of benzene rings is 1. The Labute approximate surface area is 128 Å². The fraction of sp³-hybridized carbons (Fsp3) is 0.611. The standard InChI is InChI=1S/C18H28N2O/c1-3-8-16(15-9-6-5-7-10-15)20-18(21)17-13-14(4-2)11-12-19-17/h5-7,9-10,14,16-17,19H,3-4,8,11-13H2,1-2H3,(H,20,21). The van der Waals surface area contributed by atoms with Gasteiger partial charge in [0.2, 0.25) is 5.91 Å². The van der Waals surface area contributed by atoms with Gasteiger partial charge in [0, 0.05) is 0 Å². The maximum Gasteiger partial charge on any atom is 0.237 e. The van der Waals surface area contributed by atoms with Crippen molar-refractivity contribution in [2.75, 3.05) is 6.54 Å². The number of carbonyl (C=O) groups excluding carboxylic acids is 1. The molecule has 0 bridgehead atoms. The molecule has 0 aromatic heterocycles. The molecule has 1 amide bonds. The molecular formula is C18H28N2O. The van der Waals surface area contributed by atoms with Gasteiger partial charge in [0.05, 0.1) is 12.1 Å². The van der Waals surface area contributed by atoms with Gasteiger partial charge in [-0.15, -0.1) is 0 Å². The number of piperidine rings is 1. The maximum absolute atomic E-state index is 12.5. The number of hydrogen-bond acceptors (Lipinski definition) is 2. The summed E-state index contributed by atoms with van der Waals surface area (Å²) in [5, 5.41) is 6.62. The molecule has 1 aliphatic heterocycles. The van der Waals surface area contributed by atoms with Crippen molar-refractivity contribution in [3.05, 3.63) is 35.9 Å². The monoisotopic (exact) mass is 288 g/mol. The zero-order valence-corrected chi connectivity index (χ0v) is 13.3. The molecule has 1 aromatic rings. The van der Waals surface area contributed by atoms with E-state index in [1.165, 1.54) is 18.4 Å². The Kier molecular flexibility index (Phi) is 6.24. The van der Waals surface area contributed by atoms with Gasteiger partial charge in [-0.05, 0) is 37.3 Å². The van der Waals surface area contributed by atoms with Crippen LogP contribution in [0.15, 0.2) is 30.3 Å². The van der Waals surface area contributed by atoms with Crippen LogP contribution in [0.1, 0.15) is 57.6 Å². The minimum Gasteiger partial charge on any atom is -0.348 e. The number of amides is 1. The van der Waals surface area contributed by atoms with E-state index in [1.807, 2.05) is 18.2 Å². The van der Waals surface area contributed by atoms with Crippen LogP contribution in [0.25, 0.3) is 0 Å². The zero-order chi connectivity index (χ0) is 15.1. The molecule has 0 radical (unpaired) electrons. The van der Waals surface area contributed by atoms with E-state index in [-0.39, 0.29) is 18.0 Å². The minimum atomic E-state index is -0.0215. The third-order valence-electron chi connectivity index (χ3n) is 4.50. The van der Waals surface area contributed by atoms with Crippen LogP contribution in [0.2, 0.25) is 0 Å². The zero-order valence-electron chi connectivity index (χ0n) is 13.3. The van der Waals surface area contributed by atoms with Gasteiger partial charge < -0.3 is 10.6 Å². The SMILES string of the molecule is CCCC(NC(=O)C1CC(CC)CCN1)c1ccccc1. The van der Waals surface area contributed by atoms with Crippen LogP contribution in [0.3, 0.4) is 0 Å². The molecule has 0 spiro atoms. The average Bonchev–Trinajstić information content (AvgIpc) is 2.55. The van der Waals surface area contributed by atoms with Gasteiger partial charge in [0.15, 0.2) is 0 Å². The second-order valence-electron chi connectivity index (χ2n) is 6.07. The van der Waals surface area contributed by atoms with Gasteiger partial charge in [0.25, 0.3) is 0 Å². The molecule has 1 aromatic carbocycles. The van der Waals surface area contributed by atoms with Crippen molar-refractivity contribution < 1.29 is 4.79 Å². The lowest BCUT2D eigenvalue weighted by atomic mass is 9.90. The predicted molar refractivity (Wildman–Crippen MR) is 87.0 cm³/mol. The molecule has 21 heavy (non-hydrogen) atoms. The summed E-state index contributed by atoms with van der Waals surface area (Å²) in [6, 6.07) is 10.4. The van der Waals surface area contributed by atoms with Crippen molar-refractivity contribution in [3.8, 4) is 0 Å². The molecule has 1 aliphatic rings. The minimum absolute atomic E-state index is 0.0215. The Bertz CT molecular complexity index is 432. The van der Waals surface area contributed by atoms with E-state index in [9.17, 15) is 4.79 Å². The van der Waals surface area contributed by atoms with Crippen molar-refractivity contribution in [1.29, 1.82) is 0 Å². The van der Waals surface area contributed by atoms with Crippen molar-refractivity contribution in [1.82, 2.24) is 10.6 Å². The van der Waals surface area contributed by atoms with Crippen LogP contribution in [0.5, 0.6) is 0 Å². The quantitative estimate of drug-likeness (QED) is 0.842. The molecule has 116 valence electrons. The third kappa shape index (κ3) is 4.57. The number of hydrogen-bond donors (Lipinski definition) is 2. The van der Waals surface area contributed by atoms with Crippen molar-refractivity contribution in [2.24, 2.45) is 5.92 Å². The van der Waals surface area contributed by atoms with Gasteiger partial charge in [-0.3, -0.25) is 4.79 Å². The normalized spacial score (nSPS) is 23.5. The van der Waals surface area contributed by atoms with Crippen molar-refractivity contribution in [3.63, 3.8) is 0 Å².